The van der Waals surface area contributed by atoms with E-state index in [1.165, 1.54) is 17.0 Å². The first-order valence-electron chi connectivity index (χ1n) is 7.89. The molecule has 0 saturated carbocycles. The second-order valence-electron chi connectivity index (χ2n) is 6.67. The Morgan fingerprint density at radius 1 is 1.46 bits per heavy atom. The van der Waals surface area contributed by atoms with Crippen LogP contribution in [0.2, 0.25) is 0 Å². The number of carbonyl (C=O) groups is 1. The van der Waals surface area contributed by atoms with Gasteiger partial charge in [0, 0.05) is 17.6 Å². The zero-order valence-electron chi connectivity index (χ0n) is 13.9. The number of benzene rings is 1. The Morgan fingerprint density at radius 2 is 2.17 bits per heavy atom. The molecule has 8 heteroatoms. The summed E-state index contributed by atoms with van der Waals surface area (Å²) in [7, 11) is -3.75. The molecule has 1 aromatic rings. The Morgan fingerprint density at radius 3 is 2.79 bits per heavy atom. The molecule has 3 N–H and O–H groups in total. The molecule has 1 aliphatic rings. The first-order chi connectivity index (χ1) is 11.1. The molecule has 0 bridgehead atoms. The van der Waals surface area contributed by atoms with E-state index in [9.17, 15) is 18.3 Å². The van der Waals surface area contributed by atoms with E-state index in [4.69, 9.17) is 9.88 Å². The third-order valence-electron chi connectivity index (χ3n) is 4.40. The lowest BCUT2D eigenvalue weighted by atomic mass is 10.0. The van der Waals surface area contributed by atoms with Crippen LogP contribution in [0.5, 0.6) is 5.75 Å². The standard InChI is InChI=1S/C16H24N2O5S/c1-16(2)9-8-12(18(16)15(19)20)5-4-10-23-13-6-3-7-14(11-13)24(17,21)22/h3,6-7,11-12H,4-5,8-10H2,1-2H3,(H,19,20)(H2,17,21,22). The van der Waals surface area contributed by atoms with Gasteiger partial charge in [-0.2, -0.15) is 0 Å². The van der Waals surface area contributed by atoms with Gasteiger partial charge in [0.25, 0.3) is 0 Å². The maximum atomic E-state index is 11.4. The van der Waals surface area contributed by atoms with E-state index in [1.807, 2.05) is 13.8 Å². The van der Waals surface area contributed by atoms with Crippen LogP contribution in [-0.4, -0.2) is 42.7 Å². The Balaban J connectivity index is 1.86. The molecule has 0 aromatic heterocycles. The molecule has 1 atom stereocenters. The van der Waals surface area contributed by atoms with E-state index in [2.05, 4.69) is 0 Å². The molecule has 1 fully saturated rings. The summed E-state index contributed by atoms with van der Waals surface area (Å²) in [6.45, 7) is 4.27. The van der Waals surface area contributed by atoms with Crippen LogP contribution < -0.4 is 9.88 Å². The summed E-state index contributed by atoms with van der Waals surface area (Å²) in [5, 5.41) is 14.5. The van der Waals surface area contributed by atoms with Crippen molar-refractivity contribution in [2.24, 2.45) is 5.14 Å². The molecule has 1 aromatic carbocycles. The molecule has 1 heterocycles. The molecule has 0 spiro atoms. The number of ether oxygens (including phenoxy) is 1. The van der Waals surface area contributed by atoms with E-state index in [0.29, 0.717) is 25.2 Å². The van der Waals surface area contributed by atoms with Crippen LogP contribution in [-0.2, 0) is 10.0 Å². The van der Waals surface area contributed by atoms with Gasteiger partial charge in [0.05, 0.1) is 11.5 Å². The molecule has 24 heavy (non-hydrogen) atoms. The van der Waals surface area contributed by atoms with Gasteiger partial charge in [-0.1, -0.05) is 6.07 Å². The molecule has 1 aliphatic heterocycles. The normalized spacial score (nSPS) is 20.1. The van der Waals surface area contributed by atoms with Crippen molar-refractivity contribution in [3.63, 3.8) is 0 Å². The number of nitrogens with two attached hydrogens (primary N) is 1. The molecule has 7 nitrogen and oxygen atoms in total. The van der Waals surface area contributed by atoms with Gasteiger partial charge in [-0.3, -0.25) is 0 Å². The third-order valence-corrected chi connectivity index (χ3v) is 5.31. The fourth-order valence-electron chi connectivity index (χ4n) is 3.20. The highest BCUT2D eigenvalue weighted by molar-refractivity contribution is 7.89. The minimum Gasteiger partial charge on any atom is -0.494 e. The van der Waals surface area contributed by atoms with Crippen LogP contribution in [0.1, 0.15) is 39.5 Å². The van der Waals surface area contributed by atoms with Crippen LogP contribution in [0, 0.1) is 0 Å². The van der Waals surface area contributed by atoms with E-state index in [0.717, 1.165) is 12.8 Å². The van der Waals surface area contributed by atoms with Crippen molar-refractivity contribution in [2.45, 2.75) is 56.0 Å². The number of rotatable bonds is 6. The number of primary sulfonamides is 1. The first-order valence-corrected chi connectivity index (χ1v) is 9.44. The lowest BCUT2D eigenvalue weighted by molar-refractivity contribution is 0.0919. The maximum absolute atomic E-state index is 11.4. The van der Waals surface area contributed by atoms with Gasteiger partial charge >= 0.3 is 6.09 Å². The third kappa shape index (κ3) is 4.39. The van der Waals surface area contributed by atoms with Crippen LogP contribution in [0.15, 0.2) is 29.2 Å². The summed E-state index contributed by atoms with van der Waals surface area (Å²) in [5.74, 6) is 0.434. The van der Waals surface area contributed by atoms with Gasteiger partial charge < -0.3 is 14.7 Å². The van der Waals surface area contributed by atoms with Gasteiger partial charge in [-0.25, -0.2) is 18.4 Å². The SMILES string of the molecule is CC1(C)CCC(CCCOc2cccc(S(N)(=O)=O)c2)N1C(=O)O. The zero-order chi connectivity index (χ0) is 18.0. The van der Waals surface area contributed by atoms with E-state index < -0.39 is 16.1 Å². The van der Waals surface area contributed by atoms with E-state index in [-0.39, 0.29) is 16.5 Å². The summed E-state index contributed by atoms with van der Waals surface area (Å²) in [6, 6.07) is 6.03. The molecule has 134 valence electrons. The van der Waals surface area contributed by atoms with Crippen LogP contribution in [0.3, 0.4) is 0 Å². The fourth-order valence-corrected chi connectivity index (χ4v) is 3.75. The topological polar surface area (TPSA) is 110 Å². The Labute approximate surface area is 142 Å². The van der Waals surface area contributed by atoms with Gasteiger partial charge in [0.15, 0.2) is 0 Å². The highest BCUT2D eigenvalue weighted by atomic mass is 32.2. The van der Waals surface area contributed by atoms with Crippen molar-refractivity contribution < 1.29 is 23.1 Å². The second-order valence-corrected chi connectivity index (χ2v) is 8.23. The largest absolute Gasteiger partial charge is 0.494 e. The molecule has 0 aliphatic carbocycles. The Bertz CT molecular complexity index is 702. The zero-order valence-corrected chi connectivity index (χ0v) is 14.8. The predicted octanol–water partition coefficient (Wildman–Crippen LogP) is 2.41. The summed E-state index contributed by atoms with van der Waals surface area (Å²) < 4.78 is 28.2. The first kappa shape index (κ1) is 18.5. The molecule has 1 unspecified atom stereocenters. The van der Waals surface area contributed by atoms with Gasteiger partial charge in [-0.15, -0.1) is 0 Å². The minimum atomic E-state index is -3.75. The quantitative estimate of drug-likeness (QED) is 0.761. The summed E-state index contributed by atoms with van der Waals surface area (Å²) in [5.41, 5.74) is -0.332. The molecular formula is C16H24N2O5S. The lowest BCUT2D eigenvalue weighted by Crippen LogP contribution is -2.46. The van der Waals surface area contributed by atoms with Gasteiger partial charge in [0.2, 0.25) is 10.0 Å². The highest BCUT2D eigenvalue weighted by Crippen LogP contribution is 2.35. The number of amides is 1. The molecule has 0 radical (unpaired) electrons. The van der Waals surface area contributed by atoms with Gasteiger partial charge in [0.1, 0.15) is 5.75 Å². The molecule has 1 amide bonds. The number of hydrogen-bond donors (Lipinski definition) is 2. The number of sulfonamides is 1. The Hall–Kier alpha value is -1.80. The van der Waals surface area contributed by atoms with Crippen LogP contribution in [0.25, 0.3) is 0 Å². The van der Waals surface area contributed by atoms with Crippen molar-refractivity contribution in [1.82, 2.24) is 4.90 Å². The average molecular weight is 356 g/mol. The molecule has 2 rings (SSSR count). The number of nitrogens with zero attached hydrogens (tertiary/aromatic N) is 1. The van der Waals surface area contributed by atoms with Crippen molar-refractivity contribution in [3.05, 3.63) is 24.3 Å². The van der Waals surface area contributed by atoms with Crippen molar-refractivity contribution in [1.29, 1.82) is 0 Å². The predicted molar refractivity (Wildman–Crippen MR) is 89.5 cm³/mol. The average Bonchev–Trinajstić information content (AvgIpc) is 2.78. The second kappa shape index (κ2) is 6.98. The minimum absolute atomic E-state index is 0.00291. The van der Waals surface area contributed by atoms with Crippen molar-refractivity contribution >= 4 is 16.1 Å². The monoisotopic (exact) mass is 356 g/mol. The molecule has 1 saturated heterocycles. The maximum Gasteiger partial charge on any atom is 0.407 e. The smallest absolute Gasteiger partial charge is 0.407 e. The van der Waals surface area contributed by atoms with Crippen molar-refractivity contribution in [3.8, 4) is 5.75 Å². The fraction of sp³-hybridized carbons (Fsp3) is 0.562. The Kier molecular flexibility index (Phi) is 5.39. The molecular weight excluding hydrogens is 332 g/mol. The summed E-state index contributed by atoms with van der Waals surface area (Å²) in [6.07, 6.45) is 2.21. The van der Waals surface area contributed by atoms with Crippen LogP contribution >= 0.6 is 0 Å². The summed E-state index contributed by atoms with van der Waals surface area (Å²) in [4.78, 5) is 13.0. The lowest BCUT2D eigenvalue weighted by Gasteiger charge is -2.33. The van der Waals surface area contributed by atoms with Gasteiger partial charge in [-0.05, 0) is 51.7 Å². The van der Waals surface area contributed by atoms with Crippen LogP contribution in [0.4, 0.5) is 4.79 Å². The number of hydrogen-bond acceptors (Lipinski definition) is 4. The number of likely N-dealkylation sites (tertiary alicyclic amines) is 1. The number of carboxylic acid groups (broad SMARTS) is 1. The van der Waals surface area contributed by atoms with E-state index in [1.54, 1.807) is 12.1 Å². The van der Waals surface area contributed by atoms with E-state index >= 15 is 0 Å². The highest BCUT2D eigenvalue weighted by Gasteiger charge is 2.42. The summed E-state index contributed by atoms with van der Waals surface area (Å²) >= 11 is 0. The van der Waals surface area contributed by atoms with Crippen molar-refractivity contribution in [2.75, 3.05) is 6.61 Å².